The van der Waals surface area contributed by atoms with Crippen LogP contribution in [0.15, 0.2) is 48.8 Å². The molecule has 1 aliphatic heterocycles. The fourth-order valence-electron chi connectivity index (χ4n) is 3.79. The molecule has 0 bridgehead atoms. The molecular weight excluding hydrogens is 352 g/mol. The summed E-state index contributed by atoms with van der Waals surface area (Å²) in [6.45, 7) is 5.56. The number of anilines is 1. The molecule has 0 radical (unpaired) electrons. The summed E-state index contributed by atoms with van der Waals surface area (Å²) in [5.41, 5.74) is 2.99. The van der Waals surface area contributed by atoms with Gasteiger partial charge < -0.3 is 10.6 Å². The van der Waals surface area contributed by atoms with Crippen molar-refractivity contribution in [1.29, 1.82) is 0 Å². The quantitative estimate of drug-likeness (QED) is 0.716. The first-order valence-electron chi connectivity index (χ1n) is 9.68. The highest BCUT2D eigenvalue weighted by molar-refractivity contribution is 5.93. The first kappa shape index (κ1) is 18.4. The maximum Gasteiger partial charge on any atom is 0.230 e. The summed E-state index contributed by atoms with van der Waals surface area (Å²) >= 11 is 0. The van der Waals surface area contributed by atoms with Crippen molar-refractivity contribution >= 4 is 11.7 Å². The van der Waals surface area contributed by atoms with Crippen molar-refractivity contribution in [2.45, 2.75) is 25.8 Å². The van der Waals surface area contributed by atoms with E-state index in [1.54, 1.807) is 4.68 Å². The van der Waals surface area contributed by atoms with Gasteiger partial charge in [0.05, 0.1) is 17.8 Å². The molecule has 2 aromatic heterocycles. The van der Waals surface area contributed by atoms with Crippen molar-refractivity contribution < 1.29 is 4.79 Å². The standard InChI is InChI=1S/C21H26N6O/c1-14(2)27-20(9-19(25-27)15-7-5-4-6-8-15)24-21(28)18-12-22-11-17(18)16-10-23-26(3)13-16/h4-10,13-14,17-18,22H,11-12H2,1-3H3,(H,24,28)/t17-,18+/m1/s1. The molecule has 4 rings (SSSR count). The average molecular weight is 378 g/mol. The van der Waals surface area contributed by atoms with Crippen LogP contribution in [-0.2, 0) is 11.8 Å². The van der Waals surface area contributed by atoms with Crippen molar-refractivity contribution in [3.63, 3.8) is 0 Å². The summed E-state index contributed by atoms with van der Waals surface area (Å²) in [7, 11) is 1.90. The first-order chi connectivity index (χ1) is 13.5. The Bertz CT molecular complexity index is 958. The molecule has 0 aliphatic carbocycles. The van der Waals surface area contributed by atoms with Crippen LogP contribution in [0.25, 0.3) is 11.3 Å². The van der Waals surface area contributed by atoms with Gasteiger partial charge in [-0.15, -0.1) is 0 Å². The van der Waals surface area contributed by atoms with Crippen LogP contribution >= 0.6 is 0 Å². The molecule has 0 unspecified atom stereocenters. The third-order valence-corrected chi connectivity index (χ3v) is 5.25. The predicted octanol–water partition coefficient (Wildman–Crippen LogP) is 2.81. The number of rotatable bonds is 5. The number of hydrogen-bond donors (Lipinski definition) is 2. The Morgan fingerprint density at radius 2 is 2.04 bits per heavy atom. The molecule has 2 atom stereocenters. The smallest absolute Gasteiger partial charge is 0.230 e. The minimum absolute atomic E-state index is 0.0141. The SMILES string of the molecule is CC(C)n1nc(-c2ccccc2)cc1NC(=O)[C@H]1CNC[C@@H]1c1cnn(C)c1. The Kier molecular flexibility index (Phi) is 5.00. The lowest BCUT2D eigenvalue weighted by atomic mass is 9.90. The molecule has 3 aromatic rings. The van der Waals surface area contributed by atoms with Crippen molar-refractivity contribution in [3.05, 3.63) is 54.4 Å². The molecule has 1 amide bonds. The molecule has 28 heavy (non-hydrogen) atoms. The highest BCUT2D eigenvalue weighted by Crippen LogP contribution is 2.30. The van der Waals surface area contributed by atoms with Gasteiger partial charge in [-0.05, 0) is 19.4 Å². The van der Waals surface area contributed by atoms with Crippen molar-refractivity contribution in [2.24, 2.45) is 13.0 Å². The zero-order chi connectivity index (χ0) is 19.7. The van der Waals surface area contributed by atoms with Crippen LogP contribution < -0.4 is 10.6 Å². The lowest BCUT2D eigenvalue weighted by molar-refractivity contribution is -0.119. The highest BCUT2D eigenvalue weighted by Gasteiger charge is 2.35. The summed E-state index contributed by atoms with van der Waals surface area (Å²) in [6.07, 6.45) is 3.84. The number of carbonyl (C=O) groups excluding carboxylic acids is 1. The monoisotopic (exact) mass is 378 g/mol. The number of hydrogen-bond acceptors (Lipinski definition) is 4. The first-order valence-corrected chi connectivity index (χ1v) is 9.68. The number of carbonyl (C=O) groups is 1. The Hall–Kier alpha value is -2.93. The minimum Gasteiger partial charge on any atom is -0.315 e. The van der Waals surface area contributed by atoms with E-state index in [0.29, 0.717) is 6.54 Å². The molecule has 3 heterocycles. The Labute approximate surface area is 164 Å². The van der Waals surface area contributed by atoms with E-state index in [-0.39, 0.29) is 23.8 Å². The molecule has 1 saturated heterocycles. The number of benzene rings is 1. The van der Waals surface area contributed by atoms with Crippen molar-refractivity contribution in [2.75, 3.05) is 18.4 Å². The third-order valence-electron chi connectivity index (χ3n) is 5.25. The Balaban J connectivity index is 1.58. The van der Waals surface area contributed by atoms with Gasteiger partial charge in [-0.3, -0.25) is 9.48 Å². The maximum absolute atomic E-state index is 13.1. The zero-order valence-electron chi connectivity index (χ0n) is 16.5. The summed E-state index contributed by atoms with van der Waals surface area (Å²) in [4.78, 5) is 13.1. The average Bonchev–Trinajstić information content (AvgIpc) is 3.41. The summed E-state index contributed by atoms with van der Waals surface area (Å²) in [5.74, 6) is 0.730. The number of nitrogens with one attached hydrogen (secondary N) is 2. The van der Waals surface area contributed by atoms with E-state index < -0.39 is 0 Å². The maximum atomic E-state index is 13.1. The molecule has 1 aliphatic rings. The number of nitrogens with zero attached hydrogens (tertiary/aromatic N) is 4. The van der Waals surface area contributed by atoms with E-state index in [0.717, 1.165) is 29.2 Å². The van der Waals surface area contributed by atoms with Crippen LogP contribution in [0.1, 0.15) is 31.4 Å². The second kappa shape index (κ2) is 7.59. The second-order valence-corrected chi connectivity index (χ2v) is 7.63. The van der Waals surface area contributed by atoms with Gasteiger partial charge in [-0.25, -0.2) is 4.68 Å². The van der Waals surface area contributed by atoms with Crippen LogP contribution in [0, 0.1) is 5.92 Å². The van der Waals surface area contributed by atoms with Gasteiger partial charge >= 0.3 is 0 Å². The van der Waals surface area contributed by atoms with E-state index in [9.17, 15) is 4.79 Å². The van der Waals surface area contributed by atoms with Crippen LogP contribution in [0.2, 0.25) is 0 Å². The molecule has 2 N–H and O–H groups in total. The lowest BCUT2D eigenvalue weighted by Crippen LogP contribution is -2.29. The van der Waals surface area contributed by atoms with E-state index >= 15 is 0 Å². The largest absolute Gasteiger partial charge is 0.315 e. The van der Waals surface area contributed by atoms with Crippen LogP contribution in [0.3, 0.4) is 0 Å². The Morgan fingerprint density at radius 1 is 1.25 bits per heavy atom. The van der Waals surface area contributed by atoms with Crippen LogP contribution in [-0.4, -0.2) is 38.6 Å². The number of aryl methyl sites for hydroxylation is 1. The second-order valence-electron chi connectivity index (χ2n) is 7.63. The van der Waals surface area contributed by atoms with E-state index in [1.807, 2.05) is 60.5 Å². The van der Waals surface area contributed by atoms with Crippen molar-refractivity contribution in [3.8, 4) is 11.3 Å². The normalized spacial score (nSPS) is 19.3. The molecule has 1 fully saturated rings. The molecule has 0 saturated carbocycles. The number of aromatic nitrogens is 4. The highest BCUT2D eigenvalue weighted by atomic mass is 16.2. The van der Waals surface area contributed by atoms with Crippen LogP contribution in [0.4, 0.5) is 5.82 Å². The van der Waals surface area contributed by atoms with Crippen LogP contribution in [0.5, 0.6) is 0 Å². The molecular formula is C21H26N6O. The third kappa shape index (κ3) is 3.57. The molecule has 7 heteroatoms. The van der Waals surface area contributed by atoms with E-state index in [1.165, 1.54) is 0 Å². The zero-order valence-corrected chi connectivity index (χ0v) is 16.5. The van der Waals surface area contributed by atoms with E-state index in [2.05, 4.69) is 29.6 Å². The van der Waals surface area contributed by atoms with Gasteiger partial charge in [0.1, 0.15) is 5.82 Å². The molecule has 1 aromatic carbocycles. The van der Waals surface area contributed by atoms with Crippen molar-refractivity contribution in [1.82, 2.24) is 24.9 Å². The van der Waals surface area contributed by atoms with Gasteiger partial charge in [-0.1, -0.05) is 30.3 Å². The fourth-order valence-corrected chi connectivity index (χ4v) is 3.79. The van der Waals surface area contributed by atoms with Gasteiger partial charge in [0.15, 0.2) is 0 Å². The van der Waals surface area contributed by atoms with Gasteiger partial charge in [0.2, 0.25) is 5.91 Å². The fraction of sp³-hybridized carbons (Fsp3) is 0.381. The molecule has 146 valence electrons. The number of amides is 1. The lowest BCUT2D eigenvalue weighted by Gasteiger charge is -2.18. The van der Waals surface area contributed by atoms with Gasteiger partial charge in [-0.2, -0.15) is 10.2 Å². The minimum atomic E-state index is -0.139. The van der Waals surface area contributed by atoms with Gasteiger partial charge in [0.25, 0.3) is 0 Å². The predicted molar refractivity (Wildman–Crippen MR) is 109 cm³/mol. The van der Waals surface area contributed by atoms with E-state index in [4.69, 9.17) is 5.10 Å². The summed E-state index contributed by atoms with van der Waals surface area (Å²) < 4.78 is 3.66. The molecule has 7 nitrogen and oxygen atoms in total. The summed E-state index contributed by atoms with van der Waals surface area (Å²) in [5, 5.41) is 15.4. The topological polar surface area (TPSA) is 76.8 Å². The Morgan fingerprint density at radius 3 is 2.71 bits per heavy atom. The van der Waals surface area contributed by atoms with Gasteiger partial charge in [0, 0.05) is 49.9 Å². The summed E-state index contributed by atoms with van der Waals surface area (Å²) in [6, 6.07) is 12.1. The molecule has 0 spiro atoms.